The third kappa shape index (κ3) is 5.03. The Kier molecular flexibility index (Phi) is 6.60. The maximum absolute atomic E-state index is 13.9. The van der Waals surface area contributed by atoms with E-state index in [-0.39, 0.29) is 37.8 Å². The van der Waals surface area contributed by atoms with E-state index in [4.69, 9.17) is 0 Å². The Bertz CT molecular complexity index is 1210. The van der Waals surface area contributed by atoms with E-state index in [0.29, 0.717) is 16.2 Å². The highest BCUT2D eigenvalue weighted by Crippen LogP contribution is 2.33. The van der Waals surface area contributed by atoms with Gasteiger partial charge in [-0.25, -0.2) is 9.07 Å². The lowest BCUT2D eigenvalue weighted by atomic mass is 10.0. The van der Waals surface area contributed by atoms with Crippen LogP contribution < -0.4 is 0 Å². The van der Waals surface area contributed by atoms with Gasteiger partial charge in [0.1, 0.15) is 5.82 Å². The maximum atomic E-state index is 13.9. The van der Waals surface area contributed by atoms with Crippen molar-refractivity contribution in [1.82, 2.24) is 24.8 Å². The minimum Gasteiger partial charge on any atom is -0.335 e. The van der Waals surface area contributed by atoms with E-state index in [0.717, 1.165) is 29.8 Å². The Labute approximate surface area is 198 Å². The fourth-order valence-corrected chi connectivity index (χ4v) is 3.90. The molecule has 0 unspecified atom stereocenters. The van der Waals surface area contributed by atoms with Crippen LogP contribution in [0.4, 0.5) is 17.6 Å². The number of benzene rings is 2. The van der Waals surface area contributed by atoms with Crippen LogP contribution in [0, 0.1) is 5.82 Å². The van der Waals surface area contributed by atoms with Crippen molar-refractivity contribution in [3.63, 3.8) is 0 Å². The first-order valence-corrected chi connectivity index (χ1v) is 11.0. The largest absolute Gasteiger partial charge is 0.435 e. The van der Waals surface area contributed by atoms with E-state index >= 15 is 0 Å². The topological polar surface area (TPSA) is 71.3 Å². The van der Waals surface area contributed by atoms with Crippen molar-refractivity contribution in [2.75, 3.05) is 26.2 Å². The van der Waals surface area contributed by atoms with Crippen LogP contribution in [0.2, 0.25) is 0 Å². The zero-order chi connectivity index (χ0) is 25.3. The summed E-state index contributed by atoms with van der Waals surface area (Å²) in [6, 6.07) is 11.5. The van der Waals surface area contributed by atoms with Crippen molar-refractivity contribution in [2.24, 2.45) is 0 Å². The maximum Gasteiger partial charge on any atom is 0.435 e. The van der Waals surface area contributed by atoms with Gasteiger partial charge in [0.05, 0.1) is 5.69 Å². The summed E-state index contributed by atoms with van der Waals surface area (Å²) in [6.07, 6.45) is -4.93. The summed E-state index contributed by atoms with van der Waals surface area (Å²) in [5.41, 5.74) is -0.644. The van der Waals surface area contributed by atoms with Crippen molar-refractivity contribution in [3.05, 3.63) is 76.9 Å². The molecule has 184 valence electrons. The zero-order valence-corrected chi connectivity index (χ0v) is 19.1. The molecule has 0 spiro atoms. The van der Waals surface area contributed by atoms with Gasteiger partial charge in [-0.15, -0.1) is 5.10 Å². The minimum absolute atomic E-state index is 0.0509. The molecule has 0 bridgehead atoms. The van der Waals surface area contributed by atoms with Gasteiger partial charge in [0.2, 0.25) is 0 Å². The highest BCUT2D eigenvalue weighted by Gasteiger charge is 2.43. The molecule has 1 aliphatic rings. The molecular formula is C24H23F4N5O2. The molecule has 11 heteroatoms. The average molecular weight is 489 g/mol. The number of rotatable bonds is 4. The number of piperazine rings is 1. The SMILES string of the molecule is CC(C)c1ccc(C(=O)N2CCN(C(=O)c3nnn(-c4ccc(F)cc4)c3C(F)(F)F)CC2)cc1. The molecule has 0 N–H and O–H groups in total. The van der Waals surface area contributed by atoms with Gasteiger partial charge in [0.15, 0.2) is 11.4 Å². The first-order chi connectivity index (χ1) is 16.6. The Hall–Kier alpha value is -3.76. The number of alkyl halides is 3. The fourth-order valence-electron chi connectivity index (χ4n) is 3.90. The molecule has 2 aromatic carbocycles. The van der Waals surface area contributed by atoms with Crippen molar-refractivity contribution in [3.8, 4) is 5.69 Å². The summed E-state index contributed by atoms with van der Waals surface area (Å²) in [4.78, 5) is 28.6. The fraction of sp³-hybridized carbons (Fsp3) is 0.333. The predicted molar refractivity (Wildman–Crippen MR) is 119 cm³/mol. The summed E-state index contributed by atoms with van der Waals surface area (Å²) >= 11 is 0. The number of halogens is 4. The molecule has 2 amide bonds. The van der Waals surface area contributed by atoms with Gasteiger partial charge < -0.3 is 9.80 Å². The lowest BCUT2D eigenvalue weighted by molar-refractivity contribution is -0.143. The van der Waals surface area contributed by atoms with Gasteiger partial charge in [0.25, 0.3) is 11.8 Å². The van der Waals surface area contributed by atoms with Gasteiger partial charge in [0, 0.05) is 31.7 Å². The molecule has 0 saturated carbocycles. The van der Waals surface area contributed by atoms with Crippen molar-refractivity contribution >= 4 is 11.8 Å². The minimum atomic E-state index is -4.93. The Balaban J connectivity index is 1.49. The molecule has 0 aliphatic carbocycles. The third-order valence-corrected chi connectivity index (χ3v) is 5.89. The zero-order valence-electron chi connectivity index (χ0n) is 19.1. The van der Waals surface area contributed by atoms with Crippen LogP contribution in [0.5, 0.6) is 0 Å². The molecule has 0 radical (unpaired) electrons. The van der Waals surface area contributed by atoms with Crippen LogP contribution in [0.25, 0.3) is 5.69 Å². The van der Waals surface area contributed by atoms with Crippen molar-refractivity contribution in [1.29, 1.82) is 0 Å². The second-order valence-corrected chi connectivity index (χ2v) is 8.53. The molecule has 3 aromatic rings. The van der Waals surface area contributed by atoms with Crippen molar-refractivity contribution in [2.45, 2.75) is 25.9 Å². The smallest absolute Gasteiger partial charge is 0.335 e. The molecule has 0 atom stereocenters. The highest BCUT2D eigenvalue weighted by molar-refractivity contribution is 5.95. The average Bonchev–Trinajstić information content (AvgIpc) is 3.30. The van der Waals surface area contributed by atoms with E-state index < -0.39 is 29.3 Å². The van der Waals surface area contributed by atoms with Crippen LogP contribution >= 0.6 is 0 Å². The van der Waals surface area contributed by atoms with E-state index in [1.807, 2.05) is 12.1 Å². The number of amides is 2. The molecule has 1 saturated heterocycles. The summed E-state index contributed by atoms with van der Waals surface area (Å²) in [5, 5.41) is 7.02. The van der Waals surface area contributed by atoms with Crippen LogP contribution in [-0.4, -0.2) is 62.8 Å². The Morgan fingerprint density at radius 2 is 1.40 bits per heavy atom. The van der Waals surface area contributed by atoms with Crippen LogP contribution in [0.1, 0.15) is 51.9 Å². The predicted octanol–water partition coefficient (Wildman–Crippen LogP) is 4.15. The van der Waals surface area contributed by atoms with E-state index in [9.17, 15) is 27.2 Å². The monoisotopic (exact) mass is 489 g/mol. The summed E-state index contributed by atoms with van der Waals surface area (Å²) in [5.74, 6) is -1.43. The third-order valence-electron chi connectivity index (χ3n) is 5.89. The Morgan fingerprint density at radius 1 is 0.857 bits per heavy atom. The number of nitrogens with zero attached hydrogens (tertiary/aromatic N) is 5. The lowest BCUT2D eigenvalue weighted by Gasteiger charge is -2.34. The van der Waals surface area contributed by atoms with E-state index in [2.05, 4.69) is 24.2 Å². The lowest BCUT2D eigenvalue weighted by Crippen LogP contribution is -2.51. The van der Waals surface area contributed by atoms with Crippen LogP contribution in [0.3, 0.4) is 0 Å². The Morgan fingerprint density at radius 3 is 1.91 bits per heavy atom. The summed E-state index contributed by atoms with van der Waals surface area (Å²) in [7, 11) is 0. The number of hydrogen-bond donors (Lipinski definition) is 0. The first-order valence-electron chi connectivity index (χ1n) is 11.0. The summed E-state index contributed by atoms with van der Waals surface area (Å²) < 4.78 is 55.3. The van der Waals surface area contributed by atoms with Crippen molar-refractivity contribution < 1.29 is 27.2 Å². The van der Waals surface area contributed by atoms with Gasteiger partial charge in [-0.2, -0.15) is 13.2 Å². The molecule has 1 fully saturated rings. The van der Waals surface area contributed by atoms with Gasteiger partial charge in [-0.05, 0) is 47.9 Å². The van der Waals surface area contributed by atoms with E-state index in [1.165, 1.54) is 4.90 Å². The molecule has 4 rings (SSSR count). The molecule has 1 aromatic heterocycles. The van der Waals surface area contributed by atoms with Gasteiger partial charge >= 0.3 is 6.18 Å². The molecule has 1 aliphatic heterocycles. The number of aromatic nitrogens is 3. The van der Waals surface area contributed by atoms with E-state index in [1.54, 1.807) is 17.0 Å². The molecule has 35 heavy (non-hydrogen) atoms. The first kappa shape index (κ1) is 24.4. The van der Waals surface area contributed by atoms with Gasteiger partial charge in [-0.1, -0.05) is 31.2 Å². The summed E-state index contributed by atoms with van der Waals surface area (Å²) in [6.45, 7) is 4.55. The molecule has 7 nitrogen and oxygen atoms in total. The number of carbonyl (C=O) groups excluding carboxylic acids is 2. The second-order valence-electron chi connectivity index (χ2n) is 8.53. The number of carbonyl (C=O) groups is 2. The standard InChI is InChI=1S/C24H23F4N5O2/c1-15(2)16-3-5-17(6-4-16)22(34)31-11-13-32(14-12-31)23(35)20-21(24(26,27)28)33(30-29-20)19-9-7-18(25)8-10-19/h3-10,15H,11-14H2,1-2H3. The molecular weight excluding hydrogens is 466 g/mol. The molecule has 2 heterocycles. The number of hydrogen-bond acceptors (Lipinski definition) is 4. The highest BCUT2D eigenvalue weighted by atomic mass is 19.4. The van der Waals surface area contributed by atoms with Crippen LogP contribution in [0.15, 0.2) is 48.5 Å². The quantitative estimate of drug-likeness (QED) is 0.517. The van der Waals surface area contributed by atoms with Crippen LogP contribution in [-0.2, 0) is 6.18 Å². The second kappa shape index (κ2) is 9.47. The normalized spacial score (nSPS) is 14.5. The van der Waals surface area contributed by atoms with Gasteiger partial charge in [-0.3, -0.25) is 9.59 Å².